The van der Waals surface area contributed by atoms with Crippen LogP contribution in [0.4, 0.5) is 15.8 Å². The second-order valence-electron chi connectivity index (χ2n) is 10.5. The molecule has 242 valence electrons. The van der Waals surface area contributed by atoms with Gasteiger partial charge in [0.2, 0.25) is 5.91 Å². The first-order valence-electron chi connectivity index (χ1n) is 13.5. The molecule has 0 spiro atoms. The van der Waals surface area contributed by atoms with Crippen LogP contribution in [0.5, 0.6) is 0 Å². The van der Waals surface area contributed by atoms with E-state index >= 15 is 4.39 Å². The zero-order chi connectivity index (χ0) is 33.5. The number of halogens is 3. The summed E-state index contributed by atoms with van der Waals surface area (Å²) in [7, 11) is 0. The van der Waals surface area contributed by atoms with E-state index in [2.05, 4.69) is 25.7 Å². The highest BCUT2D eigenvalue weighted by Crippen LogP contribution is 2.36. The van der Waals surface area contributed by atoms with Gasteiger partial charge in [-0.3, -0.25) is 19.1 Å². The molecule has 15 nitrogen and oxygen atoms in total. The van der Waals surface area contributed by atoms with Gasteiger partial charge in [-0.15, -0.1) is 0 Å². The van der Waals surface area contributed by atoms with Gasteiger partial charge in [0.05, 0.1) is 70.0 Å². The summed E-state index contributed by atoms with van der Waals surface area (Å²) in [5.41, 5.74) is 4.64. The number of carbonyl (C=O) groups is 1. The van der Waals surface area contributed by atoms with Crippen molar-refractivity contribution in [1.82, 2.24) is 24.3 Å². The number of carbonyl (C=O) groups excluding carboxylic acids is 1. The van der Waals surface area contributed by atoms with Crippen LogP contribution in [0.25, 0.3) is 22.5 Å². The quantitative estimate of drug-likeness (QED) is 0.110. The predicted octanol–water partition coefficient (Wildman–Crippen LogP) is 1.20. The number of benzene rings is 1. The number of nitrogens with two attached hydrogens (primary N) is 1. The molecule has 5 rings (SSSR count). The number of amides is 1. The molecule has 3 aromatic heterocycles. The average molecular weight is 677 g/mol. The zero-order valence-corrected chi connectivity index (χ0v) is 25.2. The Hall–Kier alpha value is -4.42. The number of nitrogens with zero attached hydrogens (tertiary/aromatic N) is 5. The van der Waals surface area contributed by atoms with E-state index in [0.29, 0.717) is 4.68 Å². The van der Waals surface area contributed by atoms with Gasteiger partial charge < -0.3 is 41.9 Å². The highest BCUT2D eigenvalue weighted by atomic mass is 35.5. The number of pyridine rings is 1. The summed E-state index contributed by atoms with van der Waals surface area (Å²) in [6.07, 6.45) is -2.43. The molecule has 46 heavy (non-hydrogen) atoms. The number of fused-ring (bicyclic) bond motifs is 4. The fourth-order valence-corrected chi connectivity index (χ4v) is 5.26. The monoisotopic (exact) mass is 676 g/mol. The summed E-state index contributed by atoms with van der Waals surface area (Å²) in [6.45, 7) is 1.35. The number of aromatic nitrogens is 5. The van der Waals surface area contributed by atoms with Crippen LogP contribution in [0.3, 0.4) is 0 Å². The molecule has 0 saturated carbocycles. The summed E-state index contributed by atoms with van der Waals surface area (Å²) >= 11 is 11.7. The third-order valence-corrected chi connectivity index (χ3v) is 7.78. The summed E-state index contributed by atoms with van der Waals surface area (Å²) in [6, 6.07) is 5.41. The zero-order valence-electron chi connectivity index (χ0n) is 23.7. The molecular formula is C28H27Cl2FN8O7. The number of rotatable bonds is 5. The highest BCUT2D eigenvalue weighted by Gasteiger charge is 2.35. The van der Waals surface area contributed by atoms with Crippen LogP contribution in [-0.4, -0.2) is 68.0 Å². The molecule has 1 aliphatic heterocycles. The Labute approximate surface area is 269 Å². The normalized spacial score (nSPS) is 20.7. The molecule has 2 bridgehead atoms. The molecule has 4 atom stereocenters. The lowest BCUT2D eigenvalue weighted by molar-refractivity contribution is -0.379. The molecule has 0 saturated heterocycles. The van der Waals surface area contributed by atoms with E-state index in [0.717, 1.165) is 23.2 Å². The molecule has 0 aliphatic carbocycles. The molecule has 9 N–H and O–H groups in total. The van der Waals surface area contributed by atoms with Gasteiger partial charge in [-0.2, -0.15) is 9.78 Å². The Balaban J connectivity index is 1.68. The second-order valence-corrected chi connectivity index (χ2v) is 11.3. The van der Waals surface area contributed by atoms with Crippen LogP contribution >= 0.6 is 23.2 Å². The van der Waals surface area contributed by atoms with E-state index < -0.39 is 47.5 Å². The maximum absolute atomic E-state index is 15.3. The summed E-state index contributed by atoms with van der Waals surface area (Å²) < 4.78 is 16.8. The Morgan fingerprint density at radius 1 is 1.20 bits per heavy atom. The van der Waals surface area contributed by atoms with E-state index in [1.165, 1.54) is 43.6 Å². The van der Waals surface area contributed by atoms with Gasteiger partial charge in [0.1, 0.15) is 10.9 Å². The van der Waals surface area contributed by atoms with Crippen LogP contribution in [-0.2, 0) is 10.9 Å². The number of hydrogen-bond donors (Lipinski definition) is 8. The first kappa shape index (κ1) is 33.0. The maximum atomic E-state index is 15.3. The number of anilines is 2. The van der Waals surface area contributed by atoms with Crippen molar-refractivity contribution in [2.24, 2.45) is 11.7 Å². The van der Waals surface area contributed by atoms with Crippen molar-refractivity contribution in [3.05, 3.63) is 87.3 Å². The third kappa shape index (κ3) is 6.45. The Morgan fingerprint density at radius 2 is 1.93 bits per heavy atom. The summed E-state index contributed by atoms with van der Waals surface area (Å²) in [4.78, 5) is 35.3. The fraction of sp³-hybridized carbons (Fsp3) is 0.250. The molecular weight excluding hydrogens is 650 g/mol. The molecule has 1 aromatic carbocycles. The fourth-order valence-electron chi connectivity index (χ4n) is 5.05. The van der Waals surface area contributed by atoms with Crippen molar-refractivity contribution < 1.29 is 34.7 Å². The van der Waals surface area contributed by atoms with Crippen molar-refractivity contribution >= 4 is 40.5 Å². The minimum Gasteiger partial charge on any atom is -0.390 e. The topological polar surface area (TPSA) is 234 Å². The van der Waals surface area contributed by atoms with Gasteiger partial charge >= 0.3 is 6.10 Å². The largest absolute Gasteiger partial charge is 0.390 e. The van der Waals surface area contributed by atoms with E-state index in [1.807, 2.05) is 0 Å². The number of aliphatic hydroxyl groups excluding tert-OH is 2. The van der Waals surface area contributed by atoms with Gasteiger partial charge in [-0.05, 0) is 24.3 Å². The van der Waals surface area contributed by atoms with Gasteiger partial charge in [0.15, 0.2) is 5.82 Å². The van der Waals surface area contributed by atoms with Gasteiger partial charge in [-0.1, -0.05) is 30.1 Å². The molecule has 0 fully saturated rings. The Bertz CT molecular complexity index is 1890. The minimum absolute atomic E-state index is 0.0729. The van der Waals surface area contributed by atoms with Crippen LogP contribution in [0.1, 0.15) is 25.1 Å². The summed E-state index contributed by atoms with van der Waals surface area (Å²) in [5.74, 6) is -2.87. The van der Waals surface area contributed by atoms with E-state index in [4.69, 9.17) is 28.9 Å². The van der Waals surface area contributed by atoms with Crippen molar-refractivity contribution in [1.29, 1.82) is 0 Å². The minimum atomic E-state index is -3.48. The highest BCUT2D eigenvalue weighted by molar-refractivity contribution is 6.31. The molecule has 0 radical (unpaired) electrons. The first-order valence-corrected chi connectivity index (χ1v) is 14.3. The maximum Gasteiger partial charge on any atom is 0.389 e. The lowest BCUT2D eigenvalue weighted by atomic mass is 9.92. The summed E-state index contributed by atoms with van der Waals surface area (Å²) in [5, 5.41) is 60.4. The van der Waals surface area contributed by atoms with Crippen LogP contribution < -0.4 is 21.9 Å². The SMILES string of the molecule is CC1C(=O)Nc2cnn(C(O)(O)O)c2-c2ccnc(c2)C(n2cnc(-c3c(N/C=C(\N)Cl)ccc(Cl)c3F)cc2=O)CC(O)C1O. The van der Waals surface area contributed by atoms with Crippen molar-refractivity contribution in [3.63, 3.8) is 0 Å². The molecule has 18 heteroatoms. The van der Waals surface area contributed by atoms with Gasteiger partial charge in [0.25, 0.3) is 5.56 Å². The van der Waals surface area contributed by atoms with Crippen LogP contribution in [0, 0.1) is 11.7 Å². The van der Waals surface area contributed by atoms with Crippen LogP contribution in [0.15, 0.2) is 65.2 Å². The van der Waals surface area contributed by atoms with E-state index in [-0.39, 0.29) is 56.2 Å². The van der Waals surface area contributed by atoms with Crippen molar-refractivity contribution in [3.8, 4) is 22.5 Å². The lowest BCUT2D eigenvalue weighted by Crippen LogP contribution is -2.41. The number of hydrogen-bond acceptors (Lipinski definition) is 12. The van der Waals surface area contributed by atoms with E-state index in [1.54, 1.807) is 0 Å². The van der Waals surface area contributed by atoms with Crippen molar-refractivity contribution in [2.45, 2.75) is 37.7 Å². The Morgan fingerprint density at radius 3 is 2.61 bits per heavy atom. The smallest absolute Gasteiger partial charge is 0.389 e. The number of aliphatic hydroxyl groups is 5. The second kappa shape index (κ2) is 12.8. The number of nitrogens with one attached hydrogen (secondary N) is 2. The first-order chi connectivity index (χ1) is 21.7. The molecule has 4 heterocycles. The molecule has 4 unspecified atom stereocenters. The lowest BCUT2D eigenvalue weighted by Gasteiger charge is -2.28. The van der Waals surface area contributed by atoms with Gasteiger partial charge in [-0.25, -0.2) is 9.37 Å². The van der Waals surface area contributed by atoms with E-state index in [9.17, 15) is 35.1 Å². The molecule has 1 amide bonds. The van der Waals surface area contributed by atoms with Crippen molar-refractivity contribution in [2.75, 3.05) is 10.6 Å². The Kier molecular flexibility index (Phi) is 9.14. The standard InChI is InChI=1S/C28H27Cl2FN8O7/c1-12-26(42)20(40)8-19(16-6-13(4-5-33-16)25-18(37-27(12)43)9-36-39(25)28(44,45)46)38-11-35-17(7-22(38)41)23-15(34-10-21(30)32)3-2-14(29)24(23)31/h2-7,9-12,19-20,26,34,40,42,44-46H,8,32H2,1H3,(H,37,43)/b21-10-. The molecule has 1 aliphatic rings. The third-order valence-electron chi connectivity index (χ3n) is 7.38. The van der Waals surface area contributed by atoms with Crippen LogP contribution in [0.2, 0.25) is 5.02 Å². The average Bonchev–Trinajstić information content (AvgIpc) is 3.43. The molecule has 4 aromatic rings. The van der Waals surface area contributed by atoms with Gasteiger partial charge in [0, 0.05) is 30.4 Å². The predicted molar refractivity (Wildman–Crippen MR) is 163 cm³/mol.